The molecule has 4 heteroatoms. The molecule has 1 aliphatic rings. The van der Waals surface area contributed by atoms with Crippen molar-refractivity contribution in [1.29, 1.82) is 5.26 Å². The Morgan fingerprint density at radius 3 is 2.26 bits per heavy atom. The topological polar surface area (TPSA) is 41.6 Å². The zero-order chi connectivity index (χ0) is 28.4. The van der Waals surface area contributed by atoms with Crippen LogP contribution in [-0.4, -0.2) is 17.6 Å². The SMILES string of the molecule is C[Si]1(C)c2ccccc2-c2ccc3c(c21)c1ccccc1n3-c1cccc(-c2cccc(-c3cccc(C#N)n3)c2)c1. The number of nitrogens with zero attached hydrogens (tertiary/aromatic N) is 3. The molecule has 8 rings (SSSR count). The van der Waals surface area contributed by atoms with Crippen molar-refractivity contribution in [3.8, 4) is 45.3 Å². The predicted octanol–water partition coefficient (Wildman–Crippen LogP) is 8.19. The van der Waals surface area contributed by atoms with Crippen molar-refractivity contribution < 1.29 is 0 Å². The highest BCUT2D eigenvalue weighted by molar-refractivity contribution is 7.05. The summed E-state index contributed by atoms with van der Waals surface area (Å²) < 4.78 is 2.43. The summed E-state index contributed by atoms with van der Waals surface area (Å²) in [5.41, 5.74) is 10.9. The molecule has 0 atom stereocenters. The summed E-state index contributed by atoms with van der Waals surface area (Å²) in [5, 5.41) is 15.1. The summed E-state index contributed by atoms with van der Waals surface area (Å²) in [4.78, 5) is 4.52. The molecule has 3 nitrogen and oxygen atoms in total. The van der Waals surface area contributed by atoms with Gasteiger partial charge in [-0.2, -0.15) is 5.26 Å². The summed E-state index contributed by atoms with van der Waals surface area (Å²) in [6.45, 7) is 5.00. The third-order valence-electron chi connectivity index (χ3n) is 8.81. The Balaban J connectivity index is 1.33. The molecule has 3 heterocycles. The zero-order valence-corrected chi connectivity index (χ0v) is 24.5. The molecule has 0 fully saturated rings. The van der Waals surface area contributed by atoms with Gasteiger partial charge >= 0.3 is 0 Å². The number of hydrogen-bond donors (Lipinski definition) is 0. The first-order chi connectivity index (χ1) is 20.5. The second-order valence-corrected chi connectivity index (χ2v) is 15.8. The van der Waals surface area contributed by atoms with Gasteiger partial charge in [0.25, 0.3) is 0 Å². The van der Waals surface area contributed by atoms with Gasteiger partial charge in [0, 0.05) is 22.0 Å². The first-order valence-corrected chi connectivity index (χ1v) is 17.3. The van der Waals surface area contributed by atoms with Gasteiger partial charge in [-0.3, -0.25) is 0 Å². The van der Waals surface area contributed by atoms with Crippen molar-refractivity contribution in [2.75, 3.05) is 0 Å². The lowest BCUT2D eigenvalue weighted by atomic mass is 10.0. The Bertz CT molecular complexity index is 2250. The lowest BCUT2D eigenvalue weighted by Gasteiger charge is -2.20. The summed E-state index contributed by atoms with van der Waals surface area (Å²) >= 11 is 0. The number of fused-ring (bicyclic) bond motifs is 7. The molecule has 0 N–H and O–H groups in total. The van der Waals surface area contributed by atoms with E-state index in [2.05, 4.69) is 132 Å². The highest BCUT2D eigenvalue weighted by atomic mass is 28.3. The van der Waals surface area contributed by atoms with Crippen molar-refractivity contribution in [3.05, 3.63) is 133 Å². The lowest BCUT2D eigenvalue weighted by molar-refractivity contribution is 1.18. The number of nitriles is 1. The van der Waals surface area contributed by atoms with E-state index >= 15 is 0 Å². The maximum absolute atomic E-state index is 9.33. The van der Waals surface area contributed by atoms with Gasteiger partial charge in [0.2, 0.25) is 0 Å². The highest BCUT2D eigenvalue weighted by Crippen LogP contribution is 2.38. The van der Waals surface area contributed by atoms with Crippen LogP contribution in [0.5, 0.6) is 0 Å². The van der Waals surface area contributed by atoms with Gasteiger partial charge in [-0.05, 0) is 75.1 Å². The van der Waals surface area contributed by atoms with Gasteiger partial charge in [-0.25, -0.2) is 4.98 Å². The van der Waals surface area contributed by atoms with E-state index in [4.69, 9.17) is 0 Å². The standard InChI is InChI=1S/C38H27N3Si/c1-42(2)36-19-6-4-15-30(36)31-20-21-35-37(38(31)42)32-16-3-5-18-34(32)41(35)29-14-8-11-26(23-29)25-10-7-12-27(22-25)33-17-9-13-28(24-39)40-33/h3-23H,1-2H3. The molecule has 0 radical (unpaired) electrons. The fourth-order valence-electron chi connectivity index (χ4n) is 6.95. The van der Waals surface area contributed by atoms with E-state index in [1.165, 1.54) is 38.1 Å². The Morgan fingerprint density at radius 2 is 1.38 bits per heavy atom. The van der Waals surface area contributed by atoms with E-state index in [1.807, 2.05) is 18.2 Å². The minimum absolute atomic E-state index is 0.423. The van der Waals surface area contributed by atoms with E-state index in [9.17, 15) is 5.26 Å². The van der Waals surface area contributed by atoms with Crippen molar-refractivity contribution >= 4 is 40.3 Å². The molecule has 0 bridgehead atoms. The number of pyridine rings is 1. The average Bonchev–Trinajstić information content (AvgIpc) is 3.50. The molecule has 42 heavy (non-hydrogen) atoms. The van der Waals surface area contributed by atoms with Gasteiger partial charge in [0.05, 0.1) is 16.7 Å². The third kappa shape index (κ3) is 3.54. The van der Waals surface area contributed by atoms with Crippen LogP contribution in [0.15, 0.2) is 127 Å². The van der Waals surface area contributed by atoms with Crippen LogP contribution in [0.25, 0.3) is 61.0 Å². The fraction of sp³-hybridized carbons (Fsp3) is 0.0526. The third-order valence-corrected chi connectivity index (χ3v) is 12.4. The van der Waals surface area contributed by atoms with Crippen LogP contribution < -0.4 is 10.4 Å². The number of benzene rings is 5. The predicted molar refractivity (Wildman–Crippen MR) is 176 cm³/mol. The Labute approximate surface area is 246 Å². The van der Waals surface area contributed by atoms with E-state index in [-0.39, 0.29) is 0 Å². The molecule has 5 aromatic carbocycles. The minimum atomic E-state index is -1.90. The highest BCUT2D eigenvalue weighted by Gasteiger charge is 2.39. The molecule has 0 amide bonds. The Morgan fingerprint density at radius 1 is 0.643 bits per heavy atom. The van der Waals surface area contributed by atoms with Crippen molar-refractivity contribution in [2.24, 2.45) is 0 Å². The van der Waals surface area contributed by atoms with Gasteiger partial charge in [-0.1, -0.05) is 98.0 Å². The van der Waals surface area contributed by atoms with Crippen molar-refractivity contribution in [1.82, 2.24) is 9.55 Å². The van der Waals surface area contributed by atoms with Crippen LogP contribution in [0.3, 0.4) is 0 Å². The molecule has 0 saturated carbocycles. The number of aromatic nitrogens is 2. The maximum Gasteiger partial charge on any atom is 0.141 e. The number of para-hydroxylation sites is 1. The lowest BCUT2D eigenvalue weighted by Crippen LogP contribution is -2.49. The Kier molecular flexibility index (Phi) is 5.34. The first-order valence-electron chi connectivity index (χ1n) is 14.3. The normalized spacial score (nSPS) is 13.2. The van der Waals surface area contributed by atoms with E-state index < -0.39 is 8.07 Å². The number of hydrogen-bond acceptors (Lipinski definition) is 2. The number of rotatable bonds is 3. The molecule has 0 spiro atoms. The van der Waals surface area contributed by atoms with E-state index in [1.54, 1.807) is 11.3 Å². The summed E-state index contributed by atoms with van der Waals surface area (Å²) in [6.07, 6.45) is 0. The zero-order valence-electron chi connectivity index (χ0n) is 23.5. The van der Waals surface area contributed by atoms with Crippen molar-refractivity contribution in [2.45, 2.75) is 13.1 Å². The van der Waals surface area contributed by atoms with Crippen LogP contribution in [-0.2, 0) is 0 Å². The van der Waals surface area contributed by atoms with Crippen LogP contribution in [0, 0.1) is 11.3 Å². The van der Waals surface area contributed by atoms with Crippen LogP contribution in [0.1, 0.15) is 5.69 Å². The first kappa shape index (κ1) is 24.5. The molecule has 1 aliphatic heterocycles. The molecule has 0 aliphatic carbocycles. The molecule has 7 aromatic rings. The van der Waals surface area contributed by atoms with Crippen LogP contribution >= 0.6 is 0 Å². The molecular weight excluding hydrogens is 527 g/mol. The maximum atomic E-state index is 9.33. The van der Waals surface area contributed by atoms with Gasteiger partial charge < -0.3 is 4.57 Å². The molecule has 2 aromatic heterocycles. The smallest absolute Gasteiger partial charge is 0.141 e. The minimum Gasteiger partial charge on any atom is -0.309 e. The molecule has 0 saturated heterocycles. The summed E-state index contributed by atoms with van der Waals surface area (Å²) in [7, 11) is -1.90. The fourth-order valence-corrected chi connectivity index (χ4v) is 10.4. The van der Waals surface area contributed by atoms with Gasteiger partial charge in [0.15, 0.2) is 0 Å². The Hall–Kier alpha value is -5.24. The van der Waals surface area contributed by atoms with Crippen molar-refractivity contribution in [3.63, 3.8) is 0 Å². The van der Waals surface area contributed by atoms with E-state index in [0.29, 0.717) is 5.69 Å². The monoisotopic (exact) mass is 553 g/mol. The molecular formula is C38H27N3Si. The summed E-state index contributed by atoms with van der Waals surface area (Å²) in [5.74, 6) is 0. The second-order valence-electron chi connectivity index (χ2n) is 11.6. The van der Waals surface area contributed by atoms with Crippen LogP contribution in [0.2, 0.25) is 13.1 Å². The quantitative estimate of drug-likeness (QED) is 0.207. The van der Waals surface area contributed by atoms with Gasteiger partial charge in [-0.15, -0.1) is 0 Å². The second kappa shape index (κ2) is 9.14. The summed E-state index contributed by atoms with van der Waals surface area (Å²) in [6, 6.07) is 47.5. The molecule has 198 valence electrons. The molecule has 0 unspecified atom stereocenters. The van der Waals surface area contributed by atoms with Crippen LogP contribution in [0.4, 0.5) is 0 Å². The van der Waals surface area contributed by atoms with Gasteiger partial charge in [0.1, 0.15) is 19.8 Å². The van der Waals surface area contributed by atoms with E-state index in [0.717, 1.165) is 28.1 Å². The average molecular weight is 554 g/mol. The largest absolute Gasteiger partial charge is 0.309 e.